The van der Waals surface area contributed by atoms with Crippen LogP contribution in [0.25, 0.3) is 0 Å². The summed E-state index contributed by atoms with van der Waals surface area (Å²) in [5.41, 5.74) is 1.10. The highest BCUT2D eigenvalue weighted by Crippen LogP contribution is 2.10. The first-order chi connectivity index (χ1) is 9.22. The van der Waals surface area contributed by atoms with E-state index in [4.69, 9.17) is 9.68 Å². The van der Waals surface area contributed by atoms with E-state index in [2.05, 4.69) is 10.3 Å². The van der Waals surface area contributed by atoms with Crippen molar-refractivity contribution in [2.75, 3.05) is 0 Å². The third-order valence-corrected chi connectivity index (χ3v) is 2.73. The number of hydrogen-bond donors (Lipinski definition) is 1. The molecule has 0 radical (unpaired) electrons. The fourth-order valence-electron chi connectivity index (χ4n) is 1.71. The summed E-state index contributed by atoms with van der Waals surface area (Å²) >= 11 is 0. The number of aryl methyl sites for hydroxylation is 1. The molecule has 0 fully saturated rings. The Labute approximate surface area is 110 Å². The molecule has 4 nitrogen and oxygen atoms in total. The highest BCUT2D eigenvalue weighted by atomic mass is 19.1. The summed E-state index contributed by atoms with van der Waals surface area (Å²) in [6.07, 6.45) is 2.50. The van der Waals surface area contributed by atoms with E-state index >= 15 is 0 Å². The normalized spacial score (nSPS) is 10.4. The number of aromatic nitrogens is 1. The summed E-state index contributed by atoms with van der Waals surface area (Å²) in [6, 6.07) is 6.16. The first-order valence-corrected chi connectivity index (χ1v) is 6.05. The van der Waals surface area contributed by atoms with E-state index in [1.54, 1.807) is 6.20 Å². The molecule has 0 atom stereocenters. The van der Waals surface area contributed by atoms with Crippen molar-refractivity contribution in [3.8, 4) is 6.07 Å². The van der Waals surface area contributed by atoms with Gasteiger partial charge >= 0.3 is 0 Å². The van der Waals surface area contributed by atoms with Crippen LogP contribution in [-0.2, 0) is 19.5 Å². The summed E-state index contributed by atoms with van der Waals surface area (Å²) < 4.78 is 18.6. The highest BCUT2D eigenvalue weighted by molar-refractivity contribution is 5.37. The third kappa shape index (κ3) is 3.39. The third-order valence-electron chi connectivity index (χ3n) is 2.73. The zero-order chi connectivity index (χ0) is 13.7. The first kappa shape index (κ1) is 13.2. The summed E-state index contributed by atoms with van der Waals surface area (Å²) in [4.78, 5) is 4.11. The van der Waals surface area contributed by atoms with E-state index in [1.165, 1.54) is 18.2 Å². The Kier molecular flexibility index (Phi) is 4.26. The molecular formula is C14H14FN3O. The van der Waals surface area contributed by atoms with Gasteiger partial charge in [0, 0.05) is 13.0 Å². The van der Waals surface area contributed by atoms with E-state index in [0.717, 1.165) is 12.2 Å². The van der Waals surface area contributed by atoms with Crippen molar-refractivity contribution in [2.45, 2.75) is 26.4 Å². The van der Waals surface area contributed by atoms with Crippen molar-refractivity contribution >= 4 is 0 Å². The molecule has 2 aromatic rings. The molecule has 98 valence electrons. The van der Waals surface area contributed by atoms with Crippen molar-refractivity contribution in [3.05, 3.63) is 53.0 Å². The lowest BCUT2D eigenvalue weighted by Gasteiger charge is -2.05. The van der Waals surface area contributed by atoms with Gasteiger partial charge in [-0.3, -0.25) is 0 Å². The predicted octanol–water partition coefficient (Wildman–Crippen LogP) is 2.54. The van der Waals surface area contributed by atoms with Crippen LogP contribution in [-0.4, -0.2) is 4.98 Å². The quantitative estimate of drug-likeness (QED) is 0.896. The minimum atomic E-state index is -0.347. The molecule has 19 heavy (non-hydrogen) atoms. The van der Waals surface area contributed by atoms with Gasteiger partial charge in [-0.25, -0.2) is 9.37 Å². The molecule has 1 aromatic heterocycles. The van der Waals surface area contributed by atoms with Gasteiger partial charge in [0.1, 0.15) is 11.6 Å². The van der Waals surface area contributed by atoms with Gasteiger partial charge in [0.25, 0.3) is 0 Å². The maximum absolute atomic E-state index is 13.1. The number of hydrogen-bond acceptors (Lipinski definition) is 4. The zero-order valence-corrected chi connectivity index (χ0v) is 10.6. The standard InChI is InChI=1S/C14H14FN3O/c1-2-13-8-18-14(19-13)9-17-7-11-5-12(15)4-3-10(11)6-16/h3-5,8,17H,2,7,9H2,1H3. The lowest BCUT2D eigenvalue weighted by molar-refractivity contribution is 0.439. The van der Waals surface area contributed by atoms with Gasteiger partial charge < -0.3 is 9.73 Å². The van der Waals surface area contributed by atoms with Crippen LogP contribution in [0, 0.1) is 17.1 Å². The number of benzene rings is 1. The van der Waals surface area contributed by atoms with Crippen LogP contribution in [0.3, 0.4) is 0 Å². The number of oxazole rings is 1. The largest absolute Gasteiger partial charge is 0.444 e. The zero-order valence-electron chi connectivity index (χ0n) is 10.6. The molecule has 0 saturated carbocycles. The van der Waals surface area contributed by atoms with Gasteiger partial charge in [-0.2, -0.15) is 5.26 Å². The fraction of sp³-hybridized carbons (Fsp3) is 0.286. The van der Waals surface area contributed by atoms with Crippen LogP contribution in [0.15, 0.2) is 28.8 Å². The molecule has 0 aliphatic heterocycles. The van der Waals surface area contributed by atoms with Gasteiger partial charge in [0.15, 0.2) is 0 Å². The average Bonchev–Trinajstić information content (AvgIpc) is 2.87. The molecule has 0 unspecified atom stereocenters. The second-order valence-corrected chi connectivity index (χ2v) is 4.09. The molecule has 2 rings (SSSR count). The van der Waals surface area contributed by atoms with Crippen LogP contribution < -0.4 is 5.32 Å². The highest BCUT2D eigenvalue weighted by Gasteiger charge is 2.05. The van der Waals surface area contributed by atoms with Crippen LogP contribution in [0.1, 0.15) is 29.7 Å². The Morgan fingerprint density at radius 3 is 2.95 bits per heavy atom. The minimum Gasteiger partial charge on any atom is -0.444 e. The van der Waals surface area contributed by atoms with Gasteiger partial charge in [-0.15, -0.1) is 0 Å². The van der Waals surface area contributed by atoms with E-state index < -0.39 is 0 Å². The van der Waals surface area contributed by atoms with Crippen molar-refractivity contribution in [1.29, 1.82) is 5.26 Å². The lowest BCUT2D eigenvalue weighted by atomic mass is 10.1. The average molecular weight is 259 g/mol. The number of nitrogens with zero attached hydrogens (tertiary/aromatic N) is 2. The van der Waals surface area contributed by atoms with Gasteiger partial charge in [0.2, 0.25) is 5.89 Å². The fourth-order valence-corrected chi connectivity index (χ4v) is 1.71. The molecule has 5 heteroatoms. The van der Waals surface area contributed by atoms with Crippen molar-refractivity contribution in [2.24, 2.45) is 0 Å². The smallest absolute Gasteiger partial charge is 0.208 e. The van der Waals surface area contributed by atoms with E-state index in [1.807, 2.05) is 13.0 Å². The Morgan fingerprint density at radius 1 is 1.42 bits per heavy atom. The van der Waals surface area contributed by atoms with Gasteiger partial charge in [0.05, 0.1) is 24.4 Å². The number of halogens is 1. The van der Waals surface area contributed by atoms with E-state index in [0.29, 0.717) is 30.1 Å². The molecule has 0 amide bonds. The molecule has 0 spiro atoms. The SMILES string of the molecule is CCc1cnc(CNCc2cc(F)ccc2C#N)o1. The number of nitrogens with one attached hydrogen (secondary N) is 1. The van der Waals surface area contributed by atoms with E-state index in [-0.39, 0.29) is 5.82 Å². The predicted molar refractivity (Wildman–Crippen MR) is 67.5 cm³/mol. The summed E-state index contributed by atoms with van der Waals surface area (Å²) in [7, 11) is 0. The van der Waals surface area contributed by atoms with Crippen molar-refractivity contribution < 1.29 is 8.81 Å². The maximum atomic E-state index is 13.1. The summed E-state index contributed by atoms with van der Waals surface area (Å²) in [6.45, 7) is 2.83. The molecule has 0 aliphatic rings. The number of nitriles is 1. The van der Waals surface area contributed by atoms with Crippen LogP contribution >= 0.6 is 0 Å². The molecular weight excluding hydrogens is 245 g/mol. The van der Waals surface area contributed by atoms with Gasteiger partial charge in [-0.1, -0.05) is 6.92 Å². The second kappa shape index (κ2) is 6.12. The molecule has 1 aromatic carbocycles. The Morgan fingerprint density at radius 2 is 2.26 bits per heavy atom. The Balaban J connectivity index is 1.95. The summed E-state index contributed by atoms with van der Waals surface area (Å²) in [5, 5.41) is 12.0. The molecule has 0 bridgehead atoms. The first-order valence-electron chi connectivity index (χ1n) is 6.05. The monoisotopic (exact) mass is 259 g/mol. The maximum Gasteiger partial charge on any atom is 0.208 e. The molecule has 0 saturated heterocycles. The topological polar surface area (TPSA) is 61.9 Å². The number of rotatable bonds is 5. The van der Waals surface area contributed by atoms with Crippen LogP contribution in [0.4, 0.5) is 4.39 Å². The molecule has 1 N–H and O–H groups in total. The summed E-state index contributed by atoms with van der Waals surface area (Å²) in [5.74, 6) is 1.08. The second-order valence-electron chi connectivity index (χ2n) is 4.09. The van der Waals surface area contributed by atoms with Crippen molar-refractivity contribution in [3.63, 3.8) is 0 Å². The van der Waals surface area contributed by atoms with Gasteiger partial charge in [-0.05, 0) is 23.8 Å². The van der Waals surface area contributed by atoms with Crippen molar-refractivity contribution in [1.82, 2.24) is 10.3 Å². The van der Waals surface area contributed by atoms with Crippen LogP contribution in [0.5, 0.6) is 0 Å². The lowest BCUT2D eigenvalue weighted by Crippen LogP contribution is -2.14. The molecule has 0 aliphatic carbocycles. The Bertz CT molecular complexity index is 601. The van der Waals surface area contributed by atoms with Crippen LogP contribution in [0.2, 0.25) is 0 Å². The van der Waals surface area contributed by atoms with E-state index in [9.17, 15) is 4.39 Å². The molecule has 1 heterocycles. The Hall–Kier alpha value is -2.19. The minimum absolute atomic E-state index is 0.347.